The van der Waals surface area contributed by atoms with Gasteiger partial charge in [-0.25, -0.2) is 18.2 Å². The van der Waals surface area contributed by atoms with E-state index in [0.29, 0.717) is 22.5 Å². The summed E-state index contributed by atoms with van der Waals surface area (Å²) in [5.41, 5.74) is 4.01. The molecule has 0 radical (unpaired) electrons. The van der Waals surface area contributed by atoms with Crippen LogP contribution in [0.5, 0.6) is 0 Å². The van der Waals surface area contributed by atoms with Gasteiger partial charge in [0, 0.05) is 17.3 Å². The van der Waals surface area contributed by atoms with Crippen molar-refractivity contribution in [3.05, 3.63) is 65.9 Å². The minimum atomic E-state index is -3.94. The van der Waals surface area contributed by atoms with Crippen LogP contribution in [0.3, 0.4) is 0 Å². The van der Waals surface area contributed by atoms with Gasteiger partial charge >= 0.3 is 0 Å². The van der Waals surface area contributed by atoms with Crippen LogP contribution < -0.4 is 5.14 Å². The van der Waals surface area contributed by atoms with Crippen molar-refractivity contribution in [1.29, 1.82) is 0 Å². The zero-order valence-electron chi connectivity index (χ0n) is 15.1. The molecule has 1 heterocycles. The maximum atomic E-state index is 12.1. The molecular weight excluding hydrogens is 362 g/mol. The first kappa shape index (κ1) is 19.0. The van der Waals surface area contributed by atoms with Gasteiger partial charge in [0.2, 0.25) is 10.0 Å². The average Bonchev–Trinajstić information content (AvgIpc) is 3.00. The molecular formula is C20H21N3O3S. The lowest BCUT2D eigenvalue weighted by molar-refractivity contribution is 0.274. The molecule has 0 aliphatic carbocycles. The number of benzene rings is 2. The molecule has 7 heteroatoms. The molecule has 27 heavy (non-hydrogen) atoms. The quantitative estimate of drug-likeness (QED) is 0.707. The van der Waals surface area contributed by atoms with E-state index in [0.717, 1.165) is 11.1 Å². The first-order valence-electron chi connectivity index (χ1n) is 8.41. The number of aliphatic hydroxyl groups is 1. The van der Waals surface area contributed by atoms with Crippen LogP contribution >= 0.6 is 0 Å². The summed E-state index contributed by atoms with van der Waals surface area (Å²) >= 11 is 0. The number of aromatic nitrogens is 2. The lowest BCUT2D eigenvalue weighted by atomic mass is 9.98. The minimum Gasteiger partial charge on any atom is -0.390 e. The van der Waals surface area contributed by atoms with Crippen molar-refractivity contribution < 1.29 is 13.5 Å². The van der Waals surface area contributed by atoms with Crippen molar-refractivity contribution in [2.24, 2.45) is 5.14 Å². The summed E-state index contributed by atoms with van der Waals surface area (Å²) in [6.07, 6.45) is 3.51. The number of aryl methyl sites for hydroxylation is 1. The van der Waals surface area contributed by atoms with Gasteiger partial charge in [-0.3, -0.25) is 0 Å². The van der Waals surface area contributed by atoms with E-state index in [1.165, 1.54) is 6.07 Å². The maximum absolute atomic E-state index is 12.1. The number of hydrogen-bond acceptors (Lipinski definition) is 4. The highest BCUT2D eigenvalue weighted by molar-refractivity contribution is 7.89. The van der Waals surface area contributed by atoms with Crippen LogP contribution in [-0.4, -0.2) is 23.3 Å². The van der Waals surface area contributed by atoms with E-state index in [1.807, 2.05) is 38.1 Å². The van der Waals surface area contributed by atoms with Gasteiger partial charge in [-0.15, -0.1) is 0 Å². The molecule has 140 valence electrons. The Hall–Kier alpha value is -2.74. The molecule has 0 saturated carbocycles. The third-order valence-corrected chi connectivity index (χ3v) is 5.21. The summed E-state index contributed by atoms with van der Waals surface area (Å²) in [5.74, 6) is 0. The van der Waals surface area contributed by atoms with Crippen molar-refractivity contribution in [2.45, 2.75) is 25.3 Å². The fraction of sp³-hybridized carbons (Fsp3) is 0.150. The molecule has 3 aromatic rings. The smallest absolute Gasteiger partial charge is 0.238 e. The van der Waals surface area contributed by atoms with Gasteiger partial charge in [0.25, 0.3) is 0 Å². The monoisotopic (exact) mass is 383 g/mol. The molecule has 0 aliphatic heterocycles. The number of allylic oxidation sites excluding steroid dienone is 1. The average molecular weight is 383 g/mol. The Morgan fingerprint density at radius 2 is 1.81 bits per heavy atom. The molecule has 0 fully saturated rings. The molecule has 1 aromatic heterocycles. The van der Waals surface area contributed by atoms with Gasteiger partial charge in [-0.1, -0.05) is 54.1 Å². The van der Waals surface area contributed by atoms with E-state index in [2.05, 4.69) is 5.10 Å². The Balaban J connectivity index is 2.39. The highest BCUT2D eigenvalue weighted by atomic mass is 32.2. The Morgan fingerprint density at radius 1 is 1.15 bits per heavy atom. The number of hydrogen-bond donors (Lipinski definition) is 2. The van der Waals surface area contributed by atoms with Crippen LogP contribution in [-0.2, 0) is 16.6 Å². The number of nitrogens with zero attached hydrogens (tertiary/aromatic N) is 2. The molecule has 0 bridgehead atoms. The van der Waals surface area contributed by atoms with Crippen molar-refractivity contribution in [2.75, 3.05) is 0 Å². The molecule has 3 rings (SSSR count). The highest BCUT2D eigenvalue weighted by Crippen LogP contribution is 2.37. The number of aliphatic hydroxyl groups excluding tert-OH is 1. The molecule has 0 amide bonds. The Morgan fingerprint density at radius 3 is 2.41 bits per heavy atom. The summed E-state index contributed by atoms with van der Waals surface area (Å²) < 4.78 is 25.7. The van der Waals surface area contributed by atoms with Gasteiger partial charge in [0.1, 0.15) is 5.69 Å². The van der Waals surface area contributed by atoms with Crippen LogP contribution in [0.1, 0.15) is 18.2 Å². The maximum Gasteiger partial charge on any atom is 0.238 e. The zero-order chi connectivity index (χ0) is 19.6. The minimum absolute atomic E-state index is 0.00650. The molecule has 3 N–H and O–H groups in total. The summed E-state index contributed by atoms with van der Waals surface area (Å²) in [7, 11) is -3.94. The van der Waals surface area contributed by atoms with E-state index >= 15 is 0 Å². The summed E-state index contributed by atoms with van der Waals surface area (Å²) in [4.78, 5) is -0.00650. The van der Waals surface area contributed by atoms with E-state index < -0.39 is 10.0 Å². The van der Waals surface area contributed by atoms with Gasteiger partial charge < -0.3 is 5.11 Å². The molecule has 0 aliphatic rings. The zero-order valence-corrected chi connectivity index (χ0v) is 15.9. The fourth-order valence-electron chi connectivity index (χ4n) is 3.01. The largest absolute Gasteiger partial charge is 0.390 e. The Labute approximate surface area is 158 Å². The predicted octanol–water partition coefficient (Wildman–Crippen LogP) is 3.16. The first-order chi connectivity index (χ1) is 12.9. The van der Waals surface area contributed by atoms with Crippen molar-refractivity contribution in [1.82, 2.24) is 9.78 Å². The van der Waals surface area contributed by atoms with Crippen LogP contribution in [0, 0.1) is 6.92 Å². The van der Waals surface area contributed by atoms with Crippen molar-refractivity contribution >= 4 is 16.2 Å². The second-order valence-electron chi connectivity index (χ2n) is 6.16. The summed E-state index contributed by atoms with van der Waals surface area (Å²) in [5, 5.41) is 20.0. The second kappa shape index (κ2) is 7.48. The van der Waals surface area contributed by atoms with Gasteiger partial charge in [0.15, 0.2) is 0 Å². The topological polar surface area (TPSA) is 98.2 Å². The summed E-state index contributed by atoms with van der Waals surface area (Å²) in [6.45, 7) is 3.57. The summed E-state index contributed by atoms with van der Waals surface area (Å²) in [6, 6.07) is 14.2. The Bertz CT molecular complexity index is 1100. The number of nitrogens with two attached hydrogens (primary N) is 1. The van der Waals surface area contributed by atoms with Crippen LogP contribution in [0.4, 0.5) is 0 Å². The van der Waals surface area contributed by atoms with Gasteiger partial charge in [-0.2, -0.15) is 5.10 Å². The molecule has 0 spiro atoms. The van der Waals surface area contributed by atoms with Crippen molar-refractivity contribution in [3.63, 3.8) is 0 Å². The second-order valence-corrected chi connectivity index (χ2v) is 7.69. The van der Waals surface area contributed by atoms with Gasteiger partial charge in [0.05, 0.1) is 17.2 Å². The Kier molecular flexibility index (Phi) is 5.27. The molecule has 6 nitrogen and oxygen atoms in total. The molecule has 0 atom stereocenters. The van der Waals surface area contributed by atoms with Crippen molar-refractivity contribution in [3.8, 4) is 22.4 Å². The van der Waals surface area contributed by atoms with E-state index in [9.17, 15) is 13.5 Å². The van der Waals surface area contributed by atoms with Crippen LogP contribution in [0.25, 0.3) is 28.6 Å². The van der Waals surface area contributed by atoms with Crippen LogP contribution in [0.15, 0.2) is 59.5 Å². The third-order valence-electron chi connectivity index (χ3n) is 4.24. The first-order valence-corrected chi connectivity index (χ1v) is 9.95. The normalized spacial score (nSPS) is 12.0. The highest BCUT2D eigenvalue weighted by Gasteiger charge is 2.24. The predicted molar refractivity (Wildman–Crippen MR) is 106 cm³/mol. The van der Waals surface area contributed by atoms with Crippen LogP contribution in [0.2, 0.25) is 0 Å². The van der Waals surface area contributed by atoms with E-state index in [1.54, 1.807) is 35.2 Å². The number of primary sulfonamides is 1. The van der Waals surface area contributed by atoms with E-state index in [4.69, 9.17) is 5.14 Å². The lowest BCUT2D eigenvalue weighted by Crippen LogP contribution is -2.13. The standard InChI is InChI=1S/C20H21N3O3S/c1-3-12-23-17(13-24)19(15-10-8-14(2)9-11-15)20(22-23)16-6-4-5-7-18(16)27(21,25)26/h3-12,24H,13H2,1-2H3,(H2,21,25,26). The van der Waals surface area contributed by atoms with Gasteiger partial charge in [-0.05, 0) is 25.5 Å². The number of sulfonamides is 1. The molecule has 2 aromatic carbocycles. The van der Waals surface area contributed by atoms with E-state index in [-0.39, 0.29) is 11.5 Å². The lowest BCUT2D eigenvalue weighted by Gasteiger charge is -2.09. The number of rotatable bonds is 5. The SMILES string of the molecule is CC=Cn1nc(-c2ccccc2S(N)(=O)=O)c(-c2ccc(C)cc2)c1CO. The molecule has 0 unspecified atom stereocenters. The molecule has 0 saturated heterocycles. The third kappa shape index (κ3) is 3.71. The fourth-order valence-corrected chi connectivity index (χ4v) is 3.75.